The third-order valence-corrected chi connectivity index (χ3v) is 5.24. The van der Waals surface area contributed by atoms with Crippen LogP contribution in [0, 0.1) is 5.41 Å². The Morgan fingerprint density at radius 1 is 1.23 bits per heavy atom. The molecule has 2 nitrogen and oxygen atoms in total. The smallest absolute Gasteiger partial charge is 0.126 e. The summed E-state index contributed by atoms with van der Waals surface area (Å²) in [5, 5.41) is 3.61. The van der Waals surface area contributed by atoms with E-state index in [9.17, 15) is 0 Å². The average Bonchev–Trinajstić information content (AvgIpc) is 2.55. The summed E-state index contributed by atoms with van der Waals surface area (Å²) < 4.78 is 5.92. The zero-order valence-corrected chi connectivity index (χ0v) is 14.0. The molecule has 0 bridgehead atoms. The number of allylic oxidation sites excluding steroid dienone is 1. The number of rotatable bonds is 5. The second-order valence-electron chi connectivity index (χ2n) is 6.88. The monoisotopic (exact) mass is 299 g/mol. The fourth-order valence-corrected chi connectivity index (χ4v) is 4.00. The van der Waals surface area contributed by atoms with Gasteiger partial charge in [-0.1, -0.05) is 38.1 Å². The van der Waals surface area contributed by atoms with Gasteiger partial charge in [-0.05, 0) is 62.1 Å². The SMILES string of the molecule is CCCOc1cccc2c1C=CC1(CCC(NCC)CC1)C2. The largest absolute Gasteiger partial charge is 0.493 e. The van der Waals surface area contributed by atoms with Crippen molar-refractivity contribution < 1.29 is 4.74 Å². The van der Waals surface area contributed by atoms with Gasteiger partial charge in [0, 0.05) is 11.6 Å². The van der Waals surface area contributed by atoms with Gasteiger partial charge < -0.3 is 10.1 Å². The van der Waals surface area contributed by atoms with Gasteiger partial charge >= 0.3 is 0 Å². The lowest BCUT2D eigenvalue weighted by Crippen LogP contribution is -2.38. The zero-order chi connectivity index (χ0) is 15.4. The molecule has 1 saturated carbocycles. The zero-order valence-electron chi connectivity index (χ0n) is 14.0. The normalized spacial score (nSPS) is 26.9. The molecule has 0 aromatic heterocycles. The minimum absolute atomic E-state index is 0.391. The summed E-state index contributed by atoms with van der Waals surface area (Å²) in [6, 6.07) is 7.28. The van der Waals surface area contributed by atoms with E-state index in [2.05, 4.69) is 49.5 Å². The standard InChI is InChI=1S/C20H29NO/c1-3-14-22-19-7-5-6-16-15-20(13-10-18(16)19)11-8-17(9-12-20)21-4-2/h5-7,10,13,17,21H,3-4,8-9,11-12,14-15H2,1-2H3. The van der Waals surface area contributed by atoms with E-state index in [1.54, 1.807) is 0 Å². The Kier molecular flexibility index (Phi) is 4.87. The van der Waals surface area contributed by atoms with Gasteiger partial charge in [0.1, 0.15) is 5.75 Å². The van der Waals surface area contributed by atoms with Crippen molar-refractivity contribution in [2.45, 2.75) is 58.4 Å². The maximum Gasteiger partial charge on any atom is 0.126 e. The van der Waals surface area contributed by atoms with E-state index in [0.29, 0.717) is 5.41 Å². The van der Waals surface area contributed by atoms with Crippen LogP contribution < -0.4 is 10.1 Å². The van der Waals surface area contributed by atoms with Crippen molar-refractivity contribution in [1.82, 2.24) is 5.32 Å². The molecule has 0 unspecified atom stereocenters. The fraction of sp³-hybridized carbons (Fsp3) is 0.600. The lowest BCUT2D eigenvalue weighted by Gasteiger charge is -2.40. The molecule has 22 heavy (non-hydrogen) atoms. The molecule has 0 amide bonds. The van der Waals surface area contributed by atoms with Gasteiger partial charge in [-0.2, -0.15) is 0 Å². The summed E-state index contributed by atoms with van der Waals surface area (Å²) in [4.78, 5) is 0. The van der Waals surface area contributed by atoms with Crippen molar-refractivity contribution in [3.05, 3.63) is 35.4 Å². The highest BCUT2D eigenvalue weighted by Gasteiger charge is 2.35. The summed E-state index contributed by atoms with van der Waals surface area (Å²) in [7, 11) is 0. The van der Waals surface area contributed by atoms with Crippen LogP contribution >= 0.6 is 0 Å². The third-order valence-electron chi connectivity index (χ3n) is 5.24. The van der Waals surface area contributed by atoms with Gasteiger partial charge in [0.15, 0.2) is 0 Å². The molecule has 1 aromatic carbocycles. The predicted octanol–water partition coefficient (Wildman–Crippen LogP) is 4.58. The maximum absolute atomic E-state index is 5.92. The van der Waals surface area contributed by atoms with E-state index >= 15 is 0 Å². The number of hydrogen-bond acceptors (Lipinski definition) is 2. The molecule has 0 atom stereocenters. The van der Waals surface area contributed by atoms with Crippen LogP contribution in [0.25, 0.3) is 6.08 Å². The highest BCUT2D eigenvalue weighted by Crippen LogP contribution is 2.45. The number of fused-ring (bicyclic) bond motifs is 1. The molecule has 1 N–H and O–H groups in total. The van der Waals surface area contributed by atoms with Gasteiger partial charge in [-0.15, -0.1) is 0 Å². The van der Waals surface area contributed by atoms with E-state index in [4.69, 9.17) is 4.74 Å². The second-order valence-corrected chi connectivity index (χ2v) is 6.88. The quantitative estimate of drug-likeness (QED) is 0.859. The van der Waals surface area contributed by atoms with Gasteiger partial charge in [-0.3, -0.25) is 0 Å². The van der Waals surface area contributed by atoms with Crippen LogP contribution in [0.4, 0.5) is 0 Å². The molecule has 0 aliphatic heterocycles. The Balaban J connectivity index is 1.73. The van der Waals surface area contributed by atoms with Gasteiger partial charge in [-0.25, -0.2) is 0 Å². The molecule has 0 radical (unpaired) electrons. The Morgan fingerprint density at radius 3 is 2.77 bits per heavy atom. The second kappa shape index (κ2) is 6.87. The molecule has 3 rings (SSSR count). The molecule has 1 fully saturated rings. The van der Waals surface area contributed by atoms with Crippen LogP contribution in [0.5, 0.6) is 5.75 Å². The Bertz CT molecular complexity index is 527. The van der Waals surface area contributed by atoms with Gasteiger partial charge in [0.05, 0.1) is 6.61 Å². The lowest BCUT2D eigenvalue weighted by atomic mass is 9.66. The average molecular weight is 299 g/mol. The van der Waals surface area contributed by atoms with Crippen molar-refractivity contribution in [2.75, 3.05) is 13.2 Å². The first-order chi connectivity index (χ1) is 10.8. The minimum atomic E-state index is 0.391. The van der Waals surface area contributed by atoms with Crippen LogP contribution in [0.15, 0.2) is 24.3 Å². The van der Waals surface area contributed by atoms with Crippen molar-refractivity contribution in [3.8, 4) is 5.75 Å². The van der Waals surface area contributed by atoms with E-state index in [-0.39, 0.29) is 0 Å². The first-order valence-electron chi connectivity index (χ1n) is 8.93. The molecule has 120 valence electrons. The minimum Gasteiger partial charge on any atom is -0.493 e. The highest BCUT2D eigenvalue weighted by molar-refractivity contribution is 5.64. The molecule has 1 aromatic rings. The highest BCUT2D eigenvalue weighted by atomic mass is 16.5. The first kappa shape index (κ1) is 15.6. The maximum atomic E-state index is 5.92. The molecule has 2 aliphatic rings. The number of nitrogens with one attached hydrogen (secondary N) is 1. The lowest BCUT2D eigenvalue weighted by molar-refractivity contribution is 0.216. The van der Waals surface area contributed by atoms with Crippen molar-refractivity contribution in [1.29, 1.82) is 0 Å². The number of benzene rings is 1. The molecule has 2 heteroatoms. The number of ether oxygens (including phenoxy) is 1. The first-order valence-corrected chi connectivity index (χ1v) is 8.93. The summed E-state index contributed by atoms with van der Waals surface area (Å²) in [6.45, 7) is 6.26. The fourth-order valence-electron chi connectivity index (χ4n) is 4.00. The van der Waals surface area contributed by atoms with E-state index in [1.165, 1.54) is 43.2 Å². The third kappa shape index (κ3) is 3.22. The van der Waals surface area contributed by atoms with Gasteiger partial charge in [0.25, 0.3) is 0 Å². The topological polar surface area (TPSA) is 21.3 Å². The Morgan fingerprint density at radius 2 is 2.05 bits per heavy atom. The Hall–Kier alpha value is -1.28. The van der Waals surface area contributed by atoms with Gasteiger partial charge in [0.2, 0.25) is 0 Å². The molecule has 0 heterocycles. The molecule has 0 saturated heterocycles. The molecule has 1 spiro atoms. The predicted molar refractivity (Wildman–Crippen MR) is 93.3 cm³/mol. The Labute approximate surface area is 135 Å². The van der Waals surface area contributed by atoms with E-state index in [0.717, 1.165) is 31.4 Å². The van der Waals surface area contributed by atoms with Crippen LogP contribution in [0.1, 0.15) is 57.1 Å². The van der Waals surface area contributed by atoms with Crippen LogP contribution in [-0.4, -0.2) is 19.2 Å². The molecular formula is C20H29NO. The molecule has 2 aliphatic carbocycles. The van der Waals surface area contributed by atoms with E-state index < -0.39 is 0 Å². The van der Waals surface area contributed by atoms with Crippen LogP contribution in [0.3, 0.4) is 0 Å². The van der Waals surface area contributed by atoms with Crippen molar-refractivity contribution >= 4 is 6.08 Å². The molecular weight excluding hydrogens is 270 g/mol. The van der Waals surface area contributed by atoms with Crippen molar-refractivity contribution in [3.63, 3.8) is 0 Å². The summed E-state index contributed by atoms with van der Waals surface area (Å²) in [5.74, 6) is 1.06. The summed E-state index contributed by atoms with van der Waals surface area (Å²) in [6.07, 6.45) is 12.3. The summed E-state index contributed by atoms with van der Waals surface area (Å²) in [5.41, 5.74) is 3.18. The summed E-state index contributed by atoms with van der Waals surface area (Å²) >= 11 is 0. The van der Waals surface area contributed by atoms with Crippen LogP contribution in [0.2, 0.25) is 0 Å². The van der Waals surface area contributed by atoms with Crippen molar-refractivity contribution in [2.24, 2.45) is 5.41 Å². The van der Waals surface area contributed by atoms with Crippen LogP contribution in [-0.2, 0) is 6.42 Å². The van der Waals surface area contributed by atoms with E-state index in [1.807, 2.05) is 0 Å². The number of hydrogen-bond donors (Lipinski definition) is 1.